The first-order valence-corrected chi connectivity index (χ1v) is 4.73. The zero-order valence-corrected chi connectivity index (χ0v) is 6.72. The summed E-state index contributed by atoms with van der Waals surface area (Å²) in [5.41, 5.74) is 0. The van der Waals surface area contributed by atoms with Crippen LogP contribution >= 0.6 is 10.7 Å². The molecule has 0 saturated heterocycles. The summed E-state index contributed by atoms with van der Waals surface area (Å²) in [5.74, 6) is 0.356. The lowest BCUT2D eigenvalue weighted by atomic mass is 10.8. The first-order valence-electron chi connectivity index (χ1n) is 2.47. The van der Waals surface area contributed by atoms with E-state index in [0.717, 1.165) is 3.97 Å². The number of hydrogen-bond donors (Lipinski definition) is 0. The number of rotatable bonds is 1. The van der Waals surface area contributed by atoms with Gasteiger partial charge in [-0.05, 0) is 6.92 Å². The van der Waals surface area contributed by atoms with Crippen molar-refractivity contribution >= 4 is 19.9 Å². The molecule has 0 amide bonds. The zero-order chi connectivity index (χ0) is 7.78. The van der Waals surface area contributed by atoms with Crippen LogP contribution in [0.15, 0.2) is 12.4 Å². The minimum absolute atomic E-state index is 0.356. The Balaban J connectivity index is 3.32. The van der Waals surface area contributed by atoms with E-state index in [9.17, 15) is 8.42 Å². The van der Waals surface area contributed by atoms with E-state index in [1.165, 1.54) is 12.4 Å². The highest BCUT2D eigenvalue weighted by atomic mass is 35.7. The van der Waals surface area contributed by atoms with Gasteiger partial charge in [-0.15, -0.1) is 0 Å². The molecule has 0 bridgehead atoms. The fraction of sp³-hybridized carbons (Fsp3) is 0.250. The van der Waals surface area contributed by atoms with Gasteiger partial charge in [-0.25, -0.2) is 8.96 Å². The summed E-state index contributed by atoms with van der Waals surface area (Å²) in [5, 5.41) is 0. The normalized spacial score (nSPS) is 11.8. The van der Waals surface area contributed by atoms with E-state index in [4.69, 9.17) is 10.7 Å². The van der Waals surface area contributed by atoms with Gasteiger partial charge in [0.1, 0.15) is 5.82 Å². The Morgan fingerprint density at radius 2 is 2.30 bits per heavy atom. The van der Waals surface area contributed by atoms with Crippen molar-refractivity contribution in [3.05, 3.63) is 18.2 Å². The minimum Gasteiger partial charge on any atom is -0.241 e. The molecule has 4 nitrogen and oxygen atoms in total. The molecule has 1 aromatic rings. The summed E-state index contributed by atoms with van der Waals surface area (Å²) in [7, 11) is 1.34. The maximum absolute atomic E-state index is 10.6. The Labute approximate surface area is 63.0 Å². The van der Waals surface area contributed by atoms with Crippen LogP contribution < -0.4 is 0 Å². The molecule has 56 valence electrons. The summed E-state index contributed by atoms with van der Waals surface area (Å²) in [4.78, 5) is 3.68. The maximum atomic E-state index is 10.6. The molecule has 0 aliphatic carbocycles. The Morgan fingerprint density at radius 3 is 2.50 bits per heavy atom. The summed E-state index contributed by atoms with van der Waals surface area (Å²) in [6, 6.07) is 0. The number of hydrogen-bond acceptors (Lipinski definition) is 3. The predicted octanol–water partition coefficient (Wildman–Crippen LogP) is 0.523. The van der Waals surface area contributed by atoms with Crippen LogP contribution in [0.5, 0.6) is 0 Å². The van der Waals surface area contributed by atoms with E-state index in [-0.39, 0.29) is 0 Å². The van der Waals surface area contributed by atoms with E-state index < -0.39 is 9.24 Å². The Bertz CT molecular complexity index is 329. The van der Waals surface area contributed by atoms with Crippen LogP contribution in [-0.2, 0) is 9.24 Å². The second-order valence-electron chi connectivity index (χ2n) is 1.71. The second kappa shape index (κ2) is 2.25. The predicted molar refractivity (Wildman–Crippen MR) is 37.1 cm³/mol. The standard InChI is InChI=1S/C4H5ClN2O2S/c1-4-6-2-3-7(4)10(5,8)9/h2-3H,1H3. The molecule has 0 radical (unpaired) electrons. The lowest BCUT2D eigenvalue weighted by molar-refractivity contribution is 0.600. The highest BCUT2D eigenvalue weighted by Gasteiger charge is 2.09. The Morgan fingerprint density at radius 1 is 1.70 bits per heavy atom. The second-order valence-corrected chi connectivity index (χ2v) is 4.10. The molecule has 6 heteroatoms. The largest absolute Gasteiger partial charge is 0.326 e. The first-order chi connectivity index (χ1) is 4.52. The van der Waals surface area contributed by atoms with Crippen molar-refractivity contribution in [2.75, 3.05) is 0 Å². The lowest BCUT2D eigenvalue weighted by Gasteiger charge is -1.95. The van der Waals surface area contributed by atoms with Crippen LogP contribution in [0.25, 0.3) is 0 Å². The van der Waals surface area contributed by atoms with E-state index in [0.29, 0.717) is 5.82 Å². The third-order valence-corrected chi connectivity index (χ3v) is 2.32. The van der Waals surface area contributed by atoms with E-state index in [1.807, 2.05) is 0 Å². The average Bonchev–Trinajstić information content (AvgIpc) is 2.11. The summed E-state index contributed by atoms with van der Waals surface area (Å²) >= 11 is 0. The van der Waals surface area contributed by atoms with Crippen molar-refractivity contribution in [1.29, 1.82) is 0 Å². The van der Waals surface area contributed by atoms with Gasteiger partial charge in [0.15, 0.2) is 0 Å². The van der Waals surface area contributed by atoms with Crippen LogP contribution in [0.2, 0.25) is 0 Å². The van der Waals surface area contributed by atoms with Crippen molar-refractivity contribution in [3.63, 3.8) is 0 Å². The van der Waals surface area contributed by atoms with Crippen molar-refractivity contribution in [3.8, 4) is 0 Å². The molecule has 10 heavy (non-hydrogen) atoms. The van der Waals surface area contributed by atoms with Crippen LogP contribution in [0.4, 0.5) is 0 Å². The third-order valence-electron chi connectivity index (χ3n) is 1.02. The highest BCUT2D eigenvalue weighted by molar-refractivity contribution is 8.12. The maximum Gasteiger partial charge on any atom is 0.326 e. The molecular formula is C4H5ClN2O2S. The van der Waals surface area contributed by atoms with E-state index in [1.54, 1.807) is 6.92 Å². The monoisotopic (exact) mass is 180 g/mol. The number of imidazole rings is 1. The van der Waals surface area contributed by atoms with Gasteiger partial charge in [-0.1, -0.05) is 0 Å². The fourth-order valence-corrected chi connectivity index (χ4v) is 1.60. The van der Waals surface area contributed by atoms with Crippen LogP contribution in [-0.4, -0.2) is 17.4 Å². The van der Waals surface area contributed by atoms with E-state index >= 15 is 0 Å². The Kier molecular flexibility index (Phi) is 1.70. The topological polar surface area (TPSA) is 52.0 Å². The molecule has 0 spiro atoms. The highest BCUT2D eigenvalue weighted by Crippen LogP contribution is 2.04. The van der Waals surface area contributed by atoms with E-state index in [2.05, 4.69) is 4.98 Å². The van der Waals surface area contributed by atoms with Gasteiger partial charge in [0.05, 0.1) is 0 Å². The summed E-state index contributed by atoms with van der Waals surface area (Å²) in [6.07, 6.45) is 2.66. The van der Waals surface area contributed by atoms with Gasteiger partial charge in [-0.3, -0.25) is 0 Å². The molecule has 0 aliphatic rings. The van der Waals surface area contributed by atoms with Crippen molar-refractivity contribution in [2.24, 2.45) is 0 Å². The van der Waals surface area contributed by atoms with Crippen molar-refractivity contribution in [1.82, 2.24) is 8.96 Å². The molecule has 0 aromatic carbocycles. The van der Waals surface area contributed by atoms with Crippen molar-refractivity contribution < 1.29 is 8.42 Å². The molecule has 0 atom stereocenters. The quantitative estimate of drug-likeness (QED) is 0.593. The minimum atomic E-state index is -3.66. The first kappa shape index (κ1) is 7.56. The molecule has 1 heterocycles. The molecule has 1 aromatic heterocycles. The average molecular weight is 181 g/mol. The number of aryl methyl sites for hydroxylation is 1. The lowest BCUT2D eigenvalue weighted by Crippen LogP contribution is -2.04. The SMILES string of the molecule is Cc1nccn1S(=O)(=O)Cl. The van der Waals surface area contributed by atoms with Gasteiger partial charge in [0.2, 0.25) is 0 Å². The molecule has 0 saturated carbocycles. The number of nitrogens with zero attached hydrogens (tertiary/aromatic N) is 2. The molecule has 0 aliphatic heterocycles. The van der Waals surface area contributed by atoms with Gasteiger partial charge in [0, 0.05) is 23.1 Å². The Hall–Kier alpha value is -0.550. The van der Waals surface area contributed by atoms with Gasteiger partial charge < -0.3 is 0 Å². The fourth-order valence-electron chi connectivity index (χ4n) is 0.597. The summed E-state index contributed by atoms with van der Waals surface area (Å²) < 4.78 is 22.1. The number of halogens is 1. The summed E-state index contributed by atoms with van der Waals surface area (Å²) in [6.45, 7) is 1.56. The molecule has 0 N–H and O–H groups in total. The molecule has 0 fully saturated rings. The van der Waals surface area contributed by atoms with Crippen LogP contribution in [0.3, 0.4) is 0 Å². The zero-order valence-electron chi connectivity index (χ0n) is 5.15. The molecular weight excluding hydrogens is 176 g/mol. The van der Waals surface area contributed by atoms with Crippen LogP contribution in [0, 0.1) is 6.92 Å². The van der Waals surface area contributed by atoms with Gasteiger partial charge in [-0.2, -0.15) is 8.42 Å². The van der Waals surface area contributed by atoms with Crippen LogP contribution in [0.1, 0.15) is 5.82 Å². The molecule has 1 rings (SSSR count). The number of aromatic nitrogens is 2. The molecule has 0 unspecified atom stereocenters. The van der Waals surface area contributed by atoms with Gasteiger partial charge >= 0.3 is 9.24 Å². The van der Waals surface area contributed by atoms with Crippen molar-refractivity contribution in [2.45, 2.75) is 6.92 Å². The third kappa shape index (κ3) is 1.30. The van der Waals surface area contributed by atoms with Gasteiger partial charge in [0.25, 0.3) is 0 Å². The smallest absolute Gasteiger partial charge is 0.241 e.